The van der Waals surface area contributed by atoms with Crippen molar-refractivity contribution in [3.63, 3.8) is 0 Å². The number of nitrogens with zero attached hydrogens (tertiary/aromatic N) is 1. The Labute approximate surface area is 114 Å². The molecule has 1 fully saturated rings. The van der Waals surface area contributed by atoms with E-state index >= 15 is 0 Å². The van der Waals surface area contributed by atoms with E-state index in [1.165, 1.54) is 48.8 Å². The molecule has 1 aromatic heterocycles. The Balaban J connectivity index is 1.95. The molecule has 1 aliphatic rings. The number of nitrogens with one attached hydrogen (secondary N) is 1. The molecular formula is C16H22N2O. The predicted octanol–water partition coefficient (Wildman–Crippen LogP) is 2.73. The van der Waals surface area contributed by atoms with Crippen molar-refractivity contribution in [2.75, 3.05) is 20.2 Å². The number of ether oxygens (including phenoxy) is 1. The smallest absolute Gasteiger partial charge is 0.143 e. The lowest BCUT2D eigenvalue weighted by atomic mass is 9.90. The summed E-state index contributed by atoms with van der Waals surface area (Å²) >= 11 is 0. The van der Waals surface area contributed by atoms with Crippen LogP contribution in [0.4, 0.5) is 0 Å². The lowest BCUT2D eigenvalue weighted by Gasteiger charge is -2.23. The van der Waals surface area contributed by atoms with E-state index in [9.17, 15) is 0 Å². The van der Waals surface area contributed by atoms with E-state index in [4.69, 9.17) is 4.74 Å². The van der Waals surface area contributed by atoms with E-state index < -0.39 is 0 Å². The molecule has 102 valence electrons. The molecule has 1 saturated heterocycles. The largest absolute Gasteiger partial charge is 0.495 e. The highest BCUT2D eigenvalue weighted by atomic mass is 16.5. The SMILES string of the molecule is COc1ccc(CC2CCNCC2)c2ccn(C)c12. The number of benzene rings is 1. The van der Waals surface area contributed by atoms with Gasteiger partial charge in [-0.25, -0.2) is 0 Å². The lowest BCUT2D eigenvalue weighted by molar-refractivity contribution is 0.373. The van der Waals surface area contributed by atoms with Gasteiger partial charge in [0.05, 0.1) is 12.6 Å². The summed E-state index contributed by atoms with van der Waals surface area (Å²) in [5, 5.41) is 4.78. The van der Waals surface area contributed by atoms with Crippen LogP contribution in [0.2, 0.25) is 0 Å². The fourth-order valence-corrected chi connectivity index (χ4v) is 3.18. The molecule has 0 unspecified atom stereocenters. The maximum atomic E-state index is 5.48. The van der Waals surface area contributed by atoms with Gasteiger partial charge in [-0.05, 0) is 56.0 Å². The van der Waals surface area contributed by atoms with Crippen LogP contribution in [0.1, 0.15) is 18.4 Å². The predicted molar refractivity (Wildman–Crippen MR) is 78.8 cm³/mol. The van der Waals surface area contributed by atoms with Gasteiger partial charge in [-0.2, -0.15) is 0 Å². The van der Waals surface area contributed by atoms with Gasteiger partial charge in [-0.15, -0.1) is 0 Å². The normalized spacial score (nSPS) is 16.9. The number of hydrogen-bond acceptors (Lipinski definition) is 2. The zero-order valence-corrected chi connectivity index (χ0v) is 11.8. The minimum atomic E-state index is 0.818. The molecule has 0 radical (unpaired) electrons. The molecule has 3 heteroatoms. The number of rotatable bonds is 3. The molecule has 3 rings (SSSR count). The molecule has 0 aliphatic carbocycles. The van der Waals surface area contributed by atoms with Crippen LogP contribution < -0.4 is 10.1 Å². The van der Waals surface area contributed by atoms with Crippen molar-refractivity contribution in [2.24, 2.45) is 13.0 Å². The molecule has 0 bridgehead atoms. The van der Waals surface area contributed by atoms with Gasteiger partial charge in [-0.1, -0.05) is 6.07 Å². The van der Waals surface area contributed by atoms with Gasteiger partial charge in [-0.3, -0.25) is 0 Å². The van der Waals surface area contributed by atoms with Crippen molar-refractivity contribution < 1.29 is 4.74 Å². The summed E-state index contributed by atoms with van der Waals surface area (Å²) in [4.78, 5) is 0. The fraction of sp³-hybridized carbons (Fsp3) is 0.500. The summed E-state index contributed by atoms with van der Waals surface area (Å²) in [7, 11) is 3.83. The Morgan fingerprint density at radius 2 is 2.05 bits per heavy atom. The third kappa shape index (κ3) is 2.35. The molecule has 0 spiro atoms. The first-order valence-electron chi connectivity index (χ1n) is 7.11. The number of fused-ring (bicyclic) bond motifs is 1. The Morgan fingerprint density at radius 1 is 1.26 bits per heavy atom. The Bertz CT molecular complexity index is 567. The molecule has 2 heterocycles. The first-order valence-corrected chi connectivity index (χ1v) is 7.11. The number of hydrogen-bond donors (Lipinski definition) is 1. The summed E-state index contributed by atoms with van der Waals surface area (Å²) in [6, 6.07) is 6.57. The molecule has 0 amide bonds. The Kier molecular flexibility index (Phi) is 3.47. The molecule has 0 saturated carbocycles. The van der Waals surface area contributed by atoms with Gasteiger partial charge in [0.2, 0.25) is 0 Å². The van der Waals surface area contributed by atoms with Crippen molar-refractivity contribution >= 4 is 10.9 Å². The third-order valence-corrected chi connectivity index (χ3v) is 4.28. The Hall–Kier alpha value is -1.48. The highest BCUT2D eigenvalue weighted by molar-refractivity contribution is 5.89. The van der Waals surface area contributed by atoms with Gasteiger partial charge in [0, 0.05) is 18.6 Å². The first kappa shape index (κ1) is 12.5. The second-order valence-corrected chi connectivity index (χ2v) is 5.51. The highest BCUT2D eigenvalue weighted by Crippen LogP contribution is 2.31. The topological polar surface area (TPSA) is 26.2 Å². The minimum Gasteiger partial charge on any atom is -0.495 e. The van der Waals surface area contributed by atoms with E-state index in [-0.39, 0.29) is 0 Å². The molecule has 1 aromatic carbocycles. The summed E-state index contributed by atoms with van der Waals surface area (Å²) in [5.74, 6) is 1.79. The van der Waals surface area contributed by atoms with Crippen LogP contribution in [-0.2, 0) is 13.5 Å². The van der Waals surface area contributed by atoms with Crippen LogP contribution in [0.5, 0.6) is 5.75 Å². The molecule has 0 atom stereocenters. The van der Waals surface area contributed by atoms with E-state index in [2.05, 4.69) is 41.3 Å². The van der Waals surface area contributed by atoms with Crippen LogP contribution in [0.3, 0.4) is 0 Å². The standard InChI is InChI=1S/C16H22N2O/c1-18-10-7-14-13(3-4-15(19-2)16(14)18)11-12-5-8-17-9-6-12/h3-4,7,10,12,17H,5-6,8-9,11H2,1-2H3. The van der Waals surface area contributed by atoms with E-state index in [0.29, 0.717) is 0 Å². The number of aromatic nitrogens is 1. The average Bonchev–Trinajstić information content (AvgIpc) is 2.84. The van der Waals surface area contributed by atoms with Crippen LogP contribution in [0.15, 0.2) is 24.4 Å². The van der Waals surface area contributed by atoms with Gasteiger partial charge in [0.1, 0.15) is 5.75 Å². The molecule has 3 nitrogen and oxygen atoms in total. The van der Waals surface area contributed by atoms with Gasteiger partial charge >= 0.3 is 0 Å². The van der Waals surface area contributed by atoms with Crippen molar-refractivity contribution in [3.8, 4) is 5.75 Å². The van der Waals surface area contributed by atoms with Crippen LogP contribution in [0, 0.1) is 5.92 Å². The molecular weight excluding hydrogens is 236 g/mol. The van der Waals surface area contributed by atoms with Gasteiger partial charge in [0.25, 0.3) is 0 Å². The van der Waals surface area contributed by atoms with Crippen LogP contribution in [-0.4, -0.2) is 24.8 Å². The van der Waals surface area contributed by atoms with Crippen molar-refractivity contribution in [1.29, 1.82) is 0 Å². The monoisotopic (exact) mass is 258 g/mol. The highest BCUT2D eigenvalue weighted by Gasteiger charge is 2.16. The molecule has 1 N–H and O–H groups in total. The molecule has 1 aliphatic heterocycles. The number of piperidine rings is 1. The van der Waals surface area contributed by atoms with Crippen molar-refractivity contribution in [2.45, 2.75) is 19.3 Å². The second-order valence-electron chi connectivity index (χ2n) is 5.51. The maximum Gasteiger partial charge on any atom is 0.143 e. The van der Waals surface area contributed by atoms with Crippen molar-refractivity contribution in [1.82, 2.24) is 9.88 Å². The van der Waals surface area contributed by atoms with Crippen LogP contribution >= 0.6 is 0 Å². The summed E-state index contributed by atoms with van der Waals surface area (Å²) in [5.41, 5.74) is 2.68. The van der Waals surface area contributed by atoms with E-state index in [1.54, 1.807) is 7.11 Å². The van der Waals surface area contributed by atoms with Gasteiger partial charge < -0.3 is 14.6 Å². The maximum absolute atomic E-state index is 5.48. The Morgan fingerprint density at radius 3 is 2.79 bits per heavy atom. The lowest BCUT2D eigenvalue weighted by Crippen LogP contribution is -2.28. The summed E-state index contributed by atoms with van der Waals surface area (Å²) < 4.78 is 7.63. The van der Waals surface area contributed by atoms with E-state index in [0.717, 1.165) is 11.7 Å². The second kappa shape index (κ2) is 5.25. The zero-order valence-electron chi connectivity index (χ0n) is 11.8. The van der Waals surface area contributed by atoms with Crippen LogP contribution in [0.25, 0.3) is 10.9 Å². The zero-order chi connectivity index (χ0) is 13.2. The summed E-state index contributed by atoms with van der Waals surface area (Å²) in [6.07, 6.45) is 5.89. The van der Waals surface area contributed by atoms with Gasteiger partial charge in [0.15, 0.2) is 0 Å². The number of aryl methyl sites for hydroxylation is 1. The summed E-state index contributed by atoms with van der Waals surface area (Å²) in [6.45, 7) is 2.33. The fourth-order valence-electron chi connectivity index (χ4n) is 3.18. The molecule has 2 aromatic rings. The van der Waals surface area contributed by atoms with E-state index in [1.807, 2.05) is 0 Å². The third-order valence-electron chi connectivity index (χ3n) is 4.28. The van der Waals surface area contributed by atoms with Crippen molar-refractivity contribution in [3.05, 3.63) is 30.0 Å². The average molecular weight is 258 g/mol. The molecule has 19 heavy (non-hydrogen) atoms. The quantitative estimate of drug-likeness (QED) is 0.916. The minimum absolute atomic E-state index is 0.818. The first-order chi connectivity index (χ1) is 9.29. The number of methoxy groups -OCH3 is 1.